The molecule has 2 aliphatic rings. The van der Waals surface area contributed by atoms with Crippen LogP contribution >= 0.6 is 0 Å². The number of nitrogens with zero attached hydrogens (tertiary/aromatic N) is 3. The fraction of sp³-hybridized carbons (Fsp3) is 0.786. The Kier molecular flexibility index (Phi) is 4.82. The van der Waals surface area contributed by atoms with Crippen molar-refractivity contribution < 1.29 is 17.9 Å². The summed E-state index contributed by atoms with van der Waals surface area (Å²) in [5.74, 6) is 0.150. The van der Waals surface area contributed by atoms with E-state index in [0.29, 0.717) is 26.1 Å². The molecule has 7 nitrogen and oxygen atoms in total. The minimum atomic E-state index is -3.26. The molecule has 1 aromatic rings. The molecule has 2 atom stereocenters. The van der Waals surface area contributed by atoms with Gasteiger partial charge in [-0.15, -0.1) is 0 Å². The molecule has 0 amide bonds. The largest absolute Gasteiger partial charge is 0.378 e. The van der Waals surface area contributed by atoms with Gasteiger partial charge in [0, 0.05) is 38.5 Å². The molecular weight excluding hydrogens is 306 g/mol. The SMILES string of the molecule is Cn1cc([C@@H]2CN(S(=O)(=O)CC[C@@H]3CCCO3)CCO2)cn1. The smallest absolute Gasteiger partial charge is 0.214 e. The van der Waals surface area contributed by atoms with Crippen LogP contribution in [0.25, 0.3) is 0 Å². The molecule has 1 aromatic heterocycles. The van der Waals surface area contributed by atoms with Crippen LogP contribution in [0.5, 0.6) is 0 Å². The molecule has 124 valence electrons. The zero-order valence-electron chi connectivity index (χ0n) is 12.8. The molecule has 3 heterocycles. The number of hydrogen-bond acceptors (Lipinski definition) is 5. The third kappa shape index (κ3) is 3.68. The summed E-state index contributed by atoms with van der Waals surface area (Å²) in [5.41, 5.74) is 0.918. The molecule has 0 bridgehead atoms. The van der Waals surface area contributed by atoms with E-state index in [0.717, 1.165) is 25.0 Å². The molecular formula is C14H23N3O4S. The van der Waals surface area contributed by atoms with Gasteiger partial charge in [0.15, 0.2) is 0 Å². The number of morpholine rings is 1. The van der Waals surface area contributed by atoms with Gasteiger partial charge in [-0.2, -0.15) is 9.40 Å². The number of aromatic nitrogens is 2. The summed E-state index contributed by atoms with van der Waals surface area (Å²) >= 11 is 0. The first-order valence-corrected chi connectivity index (χ1v) is 9.35. The van der Waals surface area contributed by atoms with Gasteiger partial charge in [0.25, 0.3) is 0 Å². The third-order valence-electron chi connectivity index (χ3n) is 4.24. The van der Waals surface area contributed by atoms with Crippen LogP contribution in [-0.4, -0.2) is 60.7 Å². The van der Waals surface area contributed by atoms with Gasteiger partial charge >= 0.3 is 0 Å². The van der Waals surface area contributed by atoms with Gasteiger partial charge in [-0.25, -0.2) is 8.42 Å². The average Bonchev–Trinajstić information content (AvgIpc) is 3.17. The Bertz CT molecular complexity index is 595. The highest BCUT2D eigenvalue weighted by Crippen LogP contribution is 2.24. The van der Waals surface area contributed by atoms with Gasteiger partial charge in [0.05, 0.1) is 30.8 Å². The Morgan fingerprint density at radius 1 is 1.36 bits per heavy atom. The van der Waals surface area contributed by atoms with E-state index in [1.807, 2.05) is 13.2 Å². The van der Waals surface area contributed by atoms with Crippen LogP contribution in [0.2, 0.25) is 0 Å². The van der Waals surface area contributed by atoms with Crippen molar-refractivity contribution >= 4 is 10.0 Å². The van der Waals surface area contributed by atoms with E-state index in [2.05, 4.69) is 5.10 Å². The van der Waals surface area contributed by atoms with Crippen LogP contribution in [0, 0.1) is 0 Å². The Hall–Kier alpha value is -0.960. The second-order valence-electron chi connectivity index (χ2n) is 5.90. The number of rotatable bonds is 5. The lowest BCUT2D eigenvalue weighted by Gasteiger charge is -2.32. The standard InChI is InChI=1S/C14H23N3O4S/c1-16-10-12(9-15-16)14-11-17(5-7-21-14)22(18,19)8-4-13-3-2-6-20-13/h9-10,13-14H,2-8,11H2,1H3/t13-,14-/m0/s1. The van der Waals surface area contributed by atoms with Crippen LogP contribution in [0.4, 0.5) is 0 Å². The summed E-state index contributed by atoms with van der Waals surface area (Å²) < 4.78 is 39.5. The second kappa shape index (κ2) is 6.66. The van der Waals surface area contributed by atoms with Gasteiger partial charge in [0.1, 0.15) is 0 Å². The predicted molar refractivity (Wildman–Crippen MR) is 80.9 cm³/mol. The van der Waals surface area contributed by atoms with Crippen LogP contribution < -0.4 is 0 Å². The van der Waals surface area contributed by atoms with Crippen LogP contribution in [0.3, 0.4) is 0 Å². The van der Waals surface area contributed by atoms with Crippen molar-refractivity contribution in [1.82, 2.24) is 14.1 Å². The molecule has 0 aliphatic carbocycles. The topological polar surface area (TPSA) is 73.7 Å². The molecule has 0 unspecified atom stereocenters. The fourth-order valence-corrected chi connectivity index (χ4v) is 4.50. The predicted octanol–water partition coefficient (Wildman–Crippen LogP) is 0.692. The molecule has 2 aliphatic heterocycles. The maximum absolute atomic E-state index is 12.5. The first kappa shape index (κ1) is 15.9. The maximum Gasteiger partial charge on any atom is 0.214 e. The summed E-state index contributed by atoms with van der Waals surface area (Å²) in [6, 6.07) is 0. The van der Waals surface area contributed by atoms with Crippen molar-refractivity contribution in [3.63, 3.8) is 0 Å². The molecule has 0 N–H and O–H groups in total. The van der Waals surface area contributed by atoms with Crippen molar-refractivity contribution in [2.45, 2.75) is 31.5 Å². The number of ether oxygens (including phenoxy) is 2. The van der Waals surface area contributed by atoms with Gasteiger partial charge < -0.3 is 9.47 Å². The van der Waals surface area contributed by atoms with Gasteiger partial charge in [-0.1, -0.05) is 0 Å². The monoisotopic (exact) mass is 329 g/mol. The molecule has 2 fully saturated rings. The molecule has 0 aromatic carbocycles. The zero-order chi connectivity index (χ0) is 15.6. The van der Waals surface area contributed by atoms with Gasteiger partial charge in [-0.3, -0.25) is 4.68 Å². The zero-order valence-corrected chi connectivity index (χ0v) is 13.7. The van der Waals surface area contributed by atoms with Gasteiger partial charge in [-0.05, 0) is 19.3 Å². The first-order chi connectivity index (χ1) is 10.5. The summed E-state index contributed by atoms with van der Waals surface area (Å²) in [5, 5.41) is 4.12. The minimum Gasteiger partial charge on any atom is -0.378 e. The Balaban J connectivity index is 1.60. The van der Waals surface area contributed by atoms with E-state index in [4.69, 9.17) is 9.47 Å². The minimum absolute atomic E-state index is 0.102. The normalized spacial score (nSPS) is 27.3. The van der Waals surface area contributed by atoms with E-state index in [1.165, 1.54) is 0 Å². The number of hydrogen-bond donors (Lipinski definition) is 0. The lowest BCUT2D eigenvalue weighted by atomic mass is 10.2. The Morgan fingerprint density at radius 3 is 2.91 bits per heavy atom. The maximum atomic E-state index is 12.5. The Labute approximate surface area is 131 Å². The van der Waals surface area contributed by atoms with E-state index in [1.54, 1.807) is 15.2 Å². The molecule has 22 heavy (non-hydrogen) atoms. The highest BCUT2D eigenvalue weighted by Gasteiger charge is 2.31. The lowest BCUT2D eigenvalue weighted by Crippen LogP contribution is -2.43. The summed E-state index contributed by atoms with van der Waals surface area (Å²) in [7, 11) is -1.42. The van der Waals surface area contributed by atoms with Crippen molar-refractivity contribution in [2.24, 2.45) is 7.05 Å². The molecule has 0 spiro atoms. The highest BCUT2D eigenvalue weighted by molar-refractivity contribution is 7.89. The van der Waals surface area contributed by atoms with Crippen molar-refractivity contribution in [3.8, 4) is 0 Å². The highest BCUT2D eigenvalue weighted by atomic mass is 32.2. The summed E-state index contributed by atoms with van der Waals surface area (Å²) in [6.45, 7) is 1.95. The molecule has 0 radical (unpaired) electrons. The van der Waals surface area contributed by atoms with Crippen LogP contribution in [0.1, 0.15) is 30.9 Å². The van der Waals surface area contributed by atoms with E-state index < -0.39 is 10.0 Å². The second-order valence-corrected chi connectivity index (χ2v) is 7.99. The molecule has 2 saturated heterocycles. The molecule has 8 heteroatoms. The average molecular weight is 329 g/mol. The number of sulfonamides is 1. The van der Waals surface area contributed by atoms with Gasteiger partial charge in [0.2, 0.25) is 10.0 Å². The fourth-order valence-electron chi connectivity index (χ4n) is 2.97. The summed E-state index contributed by atoms with van der Waals surface area (Å²) in [4.78, 5) is 0. The van der Waals surface area contributed by atoms with Crippen molar-refractivity contribution in [1.29, 1.82) is 0 Å². The van der Waals surface area contributed by atoms with Crippen LogP contribution in [-0.2, 0) is 26.5 Å². The van der Waals surface area contributed by atoms with Crippen molar-refractivity contribution in [2.75, 3.05) is 32.1 Å². The molecule has 3 rings (SSSR count). The first-order valence-electron chi connectivity index (χ1n) is 7.74. The van der Waals surface area contributed by atoms with E-state index >= 15 is 0 Å². The summed E-state index contributed by atoms with van der Waals surface area (Å²) in [6.07, 6.45) is 6.05. The number of aryl methyl sites for hydroxylation is 1. The Morgan fingerprint density at radius 2 is 2.23 bits per heavy atom. The van der Waals surface area contributed by atoms with Crippen LogP contribution in [0.15, 0.2) is 12.4 Å². The lowest BCUT2D eigenvalue weighted by molar-refractivity contribution is -0.00269. The third-order valence-corrected chi connectivity index (χ3v) is 6.11. The quantitative estimate of drug-likeness (QED) is 0.795. The molecule has 0 saturated carbocycles. The van der Waals surface area contributed by atoms with Crippen molar-refractivity contribution in [3.05, 3.63) is 18.0 Å². The van der Waals surface area contributed by atoms with E-state index in [-0.39, 0.29) is 18.0 Å². The van der Waals surface area contributed by atoms with E-state index in [9.17, 15) is 8.42 Å².